The Hall–Kier alpha value is -2.53. The summed E-state index contributed by atoms with van der Waals surface area (Å²) in [5.74, 6) is 0.593. The van der Waals surface area contributed by atoms with Crippen LogP contribution in [0.4, 0.5) is 10.5 Å². The zero-order valence-electron chi connectivity index (χ0n) is 12.7. The van der Waals surface area contributed by atoms with Crippen LogP contribution in [0.1, 0.15) is 17.2 Å². The molecular formula is C17H20N2O3. The summed E-state index contributed by atoms with van der Waals surface area (Å²) in [6, 6.07) is 14.3. The summed E-state index contributed by atoms with van der Waals surface area (Å²) in [5.41, 5.74) is 2.41. The number of benzene rings is 2. The van der Waals surface area contributed by atoms with E-state index in [1.54, 1.807) is 19.2 Å². The molecule has 2 amide bonds. The standard InChI is InChI=1S/C17H20N2O3/c1-12-6-5-7-13(10-12)19-17(21)18-11-15(20)14-8-3-4-9-16(14)22-2/h3-10,15,20H,11H2,1-2H3,(H2,18,19,21)/t15-/m0/s1. The molecule has 2 aromatic carbocycles. The first-order valence-electron chi connectivity index (χ1n) is 7.02. The molecule has 0 spiro atoms. The number of nitrogens with one attached hydrogen (secondary N) is 2. The van der Waals surface area contributed by atoms with Crippen LogP contribution < -0.4 is 15.4 Å². The van der Waals surface area contributed by atoms with Crippen molar-refractivity contribution in [3.8, 4) is 5.75 Å². The number of urea groups is 1. The molecule has 0 aliphatic heterocycles. The monoisotopic (exact) mass is 300 g/mol. The lowest BCUT2D eigenvalue weighted by atomic mass is 10.1. The van der Waals surface area contributed by atoms with E-state index in [1.807, 2.05) is 43.3 Å². The highest BCUT2D eigenvalue weighted by molar-refractivity contribution is 5.89. The summed E-state index contributed by atoms with van der Waals surface area (Å²) in [6.07, 6.45) is -0.834. The maximum Gasteiger partial charge on any atom is 0.319 e. The van der Waals surface area contributed by atoms with Crippen LogP contribution in [0.25, 0.3) is 0 Å². The Morgan fingerprint density at radius 3 is 2.73 bits per heavy atom. The van der Waals surface area contributed by atoms with E-state index >= 15 is 0 Å². The van der Waals surface area contributed by atoms with Crippen LogP contribution >= 0.6 is 0 Å². The number of anilines is 1. The van der Waals surface area contributed by atoms with Gasteiger partial charge < -0.3 is 20.5 Å². The Morgan fingerprint density at radius 2 is 2.00 bits per heavy atom. The molecule has 0 heterocycles. The number of rotatable bonds is 5. The third-order valence-electron chi connectivity index (χ3n) is 3.23. The van der Waals surface area contributed by atoms with Crippen molar-refractivity contribution in [3.63, 3.8) is 0 Å². The number of hydrogen-bond donors (Lipinski definition) is 3. The van der Waals surface area contributed by atoms with Crippen molar-refractivity contribution >= 4 is 11.7 Å². The number of hydrogen-bond acceptors (Lipinski definition) is 3. The van der Waals surface area contributed by atoms with Crippen LogP contribution in [-0.4, -0.2) is 24.8 Å². The number of amides is 2. The van der Waals surface area contributed by atoms with Crippen LogP contribution in [0, 0.1) is 6.92 Å². The van der Waals surface area contributed by atoms with Crippen molar-refractivity contribution in [3.05, 3.63) is 59.7 Å². The number of para-hydroxylation sites is 1. The molecule has 0 saturated heterocycles. The Labute approximate surface area is 129 Å². The van der Waals surface area contributed by atoms with E-state index in [2.05, 4.69) is 10.6 Å². The highest BCUT2D eigenvalue weighted by atomic mass is 16.5. The summed E-state index contributed by atoms with van der Waals surface area (Å²) in [4.78, 5) is 11.8. The molecule has 0 radical (unpaired) electrons. The summed E-state index contributed by atoms with van der Waals surface area (Å²) in [7, 11) is 1.55. The van der Waals surface area contributed by atoms with Gasteiger partial charge in [0.2, 0.25) is 0 Å². The maximum absolute atomic E-state index is 11.8. The van der Waals surface area contributed by atoms with Gasteiger partial charge in [0.05, 0.1) is 13.2 Å². The summed E-state index contributed by atoms with van der Waals surface area (Å²) >= 11 is 0. The summed E-state index contributed by atoms with van der Waals surface area (Å²) in [6.45, 7) is 2.05. The number of aryl methyl sites for hydroxylation is 1. The minimum absolute atomic E-state index is 0.0953. The zero-order chi connectivity index (χ0) is 15.9. The highest BCUT2D eigenvalue weighted by Crippen LogP contribution is 2.24. The van der Waals surface area contributed by atoms with Gasteiger partial charge in [-0.1, -0.05) is 30.3 Å². The summed E-state index contributed by atoms with van der Waals surface area (Å²) in [5, 5.41) is 15.5. The SMILES string of the molecule is COc1ccccc1[C@@H](O)CNC(=O)Nc1cccc(C)c1. The van der Waals surface area contributed by atoms with Crippen LogP contribution in [0.2, 0.25) is 0 Å². The number of carbonyl (C=O) groups is 1. The van der Waals surface area contributed by atoms with Gasteiger partial charge in [0.25, 0.3) is 0 Å². The molecule has 0 unspecified atom stereocenters. The van der Waals surface area contributed by atoms with Gasteiger partial charge in [-0.2, -0.15) is 0 Å². The maximum atomic E-state index is 11.8. The van der Waals surface area contributed by atoms with Crippen molar-refractivity contribution in [2.45, 2.75) is 13.0 Å². The van der Waals surface area contributed by atoms with Crippen molar-refractivity contribution in [1.29, 1.82) is 0 Å². The number of carbonyl (C=O) groups excluding carboxylic acids is 1. The van der Waals surface area contributed by atoms with Gasteiger partial charge in [-0.05, 0) is 30.7 Å². The topological polar surface area (TPSA) is 70.6 Å². The largest absolute Gasteiger partial charge is 0.496 e. The minimum atomic E-state index is -0.834. The van der Waals surface area contributed by atoms with Crippen molar-refractivity contribution in [1.82, 2.24) is 5.32 Å². The van der Waals surface area contributed by atoms with Gasteiger partial charge >= 0.3 is 6.03 Å². The zero-order valence-corrected chi connectivity index (χ0v) is 12.7. The lowest BCUT2D eigenvalue weighted by Gasteiger charge is -2.15. The first-order valence-corrected chi connectivity index (χ1v) is 7.02. The molecule has 22 heavy (non-hydrogen) atoms. The predicted molar refractivity (Wildman–Crippen MR) is 86.2 cm³/mol. The van der Waals surface area contributed by atoms with Gasteiger partial charge in [0.15, 0.2) is 0 Å². The second kappa shape index (κ2) is 7.47. The van der Waals surface area contributed by atoms with Gasteiger partial charge in [0.1, 0.15) is 5.75 Å². The molecule has 0 aliphatic rings. The summed E-state index contributed by atoms with van der Waals surface area (Å²) < 4.78 is 5.19. The molecule has 0 fully saturated rings. The van der Waals surface area contributed by atoms with E-state index in [9.17, 15) is 9.90 Å². The Bertz CT molecular complexity index is 643. The van der Waals surface area contributed by atoms with Gasteiger partial charge in [0, 0.05) is 17.8 Å². The number of aliphatic hydroxyl groups excluding tert-OH is 1. The third-order valence-corrected chi connectivity index (χ3v) is 3.23. The van der Waals surface area contributed by atoms with E-state index in [-0.39, 0.29) is 12.6 Å². The Kier molecular flexibility index (Phi) is 5.38. The first-order chi connectivity index (χ1) is 10.6. The Balaban J connectivity index is 1.90. The van der Waals surface area contributed by atoms with Crippen LogP contribution in [0.5, 0.6) is 5.75 Å². The first kappa shape index (κ1) is 15.9. The molecule has 2 aromatic rings. The van der Waals surface area contributed by atoms with Crippen molar-refractivity contribution in [2.24, 2.45) is 0 Å². The second-order valence-electron chi connectivity index (χ2n) is 4.96. The quantitative estimate of drug-likeness (QED) is 0.795. The van der Waals surface area contributed by atoms with Gasteiger partial charge in [-0.15, -0.1) is 0 Å². The highest BCUT2D eigenvalue weighted by Gasteiger charge is 2.13. The average Bonchev–Trinajstić information content (AvgIpc) is 2.52. The molecule has 0 aromatic heterocycles. The predicted octanol–water partition coefficient (Wildman–Crippen LogP) is 2.86. The molecule has 116 valence electrons. The molecule has 1 atom stereocenters. The molecule has 3 N–H and O–H groups in total. The molecule has 5 heteroatoms. The molecule has 5 nitrogen and oxygen atoms in total. The molecule has 0 bridgehead atoms. The second-order valence-corrected chi connectivity index (χ2v) is 4.96. The fraction of sp³-hybridized carbons (Fsp3) is 0.235. The van der Waals surface area contributed by atoms with E-state index in [1.165, 1.54) is 0 Å². The molecule has 0 aliphatic carbocycles. The fourth-order valence-corrected chi connectivity index (χ4v) is 2.14. The average molecular weight is 300 g/mol. The third kappa shape index (κ3) is 4.23. The number of ether oxygens (including phenoxy) is 1. The van der Waals surface area contributed by atoms with Gasteiger partial charge in [-0.25, -0.2) is 4.79 Å². The number of aliphatic hydroxyl groups is 1. The smallest absolute Gasteiger partial charge is 0.319 e. The van der Waals surface area contributed by atoms with E-state index in [0.29, 0.717) is 17.0 Å². The Morgan fingerprint density at radius 1 is 1.23 bits per heavy atom. The van der Waals surface area contributed by atoms with E-state index < -0.39 is 6.10 Å². The van der Waals surface area contributed by atoms with E-state index in [4.69, 9.17) is 4.74 Å². The minimum Gasteiger partial charge on any atom is -0.496 e. The molecule has 2 rings (SSSR count). The van der Waals surface area contributed by atoms with Crippen LogP contribution in [0.15, 0.2) is 48.5 Å². The normalized spacial score (nSPS) is 11.6. The van der Waals surface area contributed by atoms with E-state index in [0.717, 1.165) is 5.56 Å². The molecular weight excluding hydrogens is 280 g/mol. The van der Waals surface area contributed by atoms with Crippen molar-refractivity contribution in [2.75, 3.05) is 19.0 Å². The van der Waals surface area contributed by atoms with Crippen molar-refractivity contribution < 1.29 is 14.6 Å². The van der Waals surface area contributed by atoms with Gasteiger partial charge in [-0.3, -0.25) is 0 Å². The molecule has 0 saturated carbocycles. The van der Waals surface area contributed by atoms with Crippen LogP contribution in [-0.2, 0) is 0 Å². The number of methoxy groups -OCH3 is 1. The fourth-order valence-electron chi connectivity index (χ4n) is 2.14. The lowest BCUT2D eigenvalue weighted by Crippen LogP contribution is -2.32. The van der Waals surface area contributed by atoms with Crippen LogP contribution in [0.3, 0.4) is 0 Å². The lowest BCUT2D eigenvalue weighted by molar-refractivity contribution is 0.171.